The molecule has 1 aliphatic carbocycles. The molecular weight excluding hydrogens is 150 g/mol. The van der Waals surface area contributed by atoms with Crippen LogP contribution in [0.25, 0.3) is 0 Å². The Balaban J connectivity index is 2.59. The van der Waals surface area contributed by atoms with E-state index < -0.39 is 0 Å². The molecular formula is C9H9N3. The number of aromatic nitrogens is 1. The van der Waals surface area contributed by atoms with E-state index in [2.05, 4.69) is 4.98 Å². The molecule has 2 rings (SSSR count). The van der Waals surface area contributed by atoms with Gasteiger partial charge in [0.1, 0.15) is 11.9 Å². The largest absolute Gasteiger partial charge is 0.383 e. The Labute approximate surface area is 70.8 Å². The van der Waals surface area contributed by atoms with Crippen molar-refractivity contribution in [2.45, 2.75) is 19.3 Å². The molecule has 0 aliphatic heterocycles. The summed E-state index contributed by atoms with van der Waals surface area (Å²) in [4.78, 5) is 4.18. The van der Waals surface area contributed by atoms with E-state index in [-0.39, 0.29) is 0 Å². The number of aryl methyl sites for hydroxylation is 2. The van der Waals surface area contributed by atoms with E-state index in [4.69, 9.17) is 11.0 Å². The van der Waals surface area contributed by atoms with Crippen molar-refractivity contribution < 1.29 is 0 Å². The zero-order valence-corrected chi connectivity index (χ0v) is 6.67. The molecule has 1 heterocycles. The molecule has 0 bridgehead atoms. The first-order valence-corrected chi connectivity index (χ1v) is 3.99. The lowest BCUT2D eigenvalue weighted by Crippen LogP contribution is -1.98. The van der Waals surface area contributed by atoms with Crippen LogP contribution in [0.1, 0.15) is 23.2 Å². The topological polar surface area (TPSA) is 62.7 Å². The van der Waals surface area contributed by atoms with Gasteiger partial charge in [0.05, 0.1) is 5.56 Å². The normalized spacial score (nSPS) is 13.9. The third kappa shape index (κ3) is 0.928. The summed E-state index contributed by atoms with van der Waals surface area (Å²) >= 11 is 0. The number of rotatable bonds is 0. The third-order valence-corrected chi connectivity index (χ3v) is 2.20. The number of pyridine rings is 1. The van der Waals surface area contributed by atoms with Crippen molar-refractivity contribution in [3.8, 4) is 6.07 Å². The molecule has 0 saturated carbocycles. The first-order chi connectivity index (χ1) is 5.81. The second kappa shape index (κ2) is 2.49. The van der Waals surface area contributed by atoms with Gasteiger partial charge in [-0.15, -0.1) is 0 Å². The quantitative estimate of drug-likeness (QED) is 0.614. The molecule has 2 N–H and O–H groups in total. The Bertz CT molecular complexity index is 362. The van der Waals surface area contributed by atoms with Crippen LogP contribution in [0.5, 0.6) is 0 Å². The van der Waals surface area contributed by atoms with Crippen molar-refractivity contribution >= 4 is 5.82 Å². The Kier molecular flexibility index (Phi) is 1.47. The van der Waals surface area contributed by atoms with Crippen LogP contribution in [0.4, 0.5) is 5.82 Å². The maximum Gasteiger partial charge on any atom is 0.141 e. The third-order valence-electron chi connectivity index (χ3n) is 2.20. The molecule has 1 aromatic rings. The highest BCUT2D eigenvalue weighted by atomic mass is 14.8. The van der Waals surface area contributed by atoms with E-state index in [1.165, 1.54) is 5.56 Å². The number of nitrogens with zero attached hydrogens (tertiary/aromatic N) is 2. The Morgan fingerprint density at radius 2 is 2.33 bits per heavy atom. The molecule has 0 saturated heterocycles. The Hall–Kier alpha value is -1.56. The molecule has 0 amide bonds. The molecule has 0 aromatic carbocycles. The van der Waals surface area contributed by atoms with Gasteiger partial charge in [0.15, 0.2) is 0 Å². The molecule has 12 heavy (non-hydrogen) atoms. The van der Waals surface area contributed by atoms with Crippen LogP contribution < -0.4 is 5.73 Å². The zero-order chi connectivity index (χ0) is 8.55. The highest BCUT2D eigenvalue weighted by Crippen LogP contribution is 2.23. The van der Waals surface area contributed by atoms with Gasteiger partial charge in [-0.3, -0.25) is 0 Å². The smallest absolute Gasteiger partial charge is 0.141 e. The van der Waals surface area contributed by atoms with E-state index in [0.717, 1.165) is 25.0 Å². The van der Waals surface area contributed by atoms with Gasteiger partial charge in [-0.25, -0.2) is 4.98 Å². The minimum atomic E-state index is 0.373. The minimum Gasteiger partial charge on any atom is -0.383 e. The van der Waals surface area contributed by atoms with Gasteiger partial charge >= 0.3 is 0 Å². The molecule has 0 spiro atoms. The average Bonchev–Trinajstić information content (AvgIpc) is 2.49. The molecule has 0 unspecified atom stereocenters. The van der Waals surface area contributed by atoms with Crippen molar-refractivity contribution in [3.63, 3.8) is 0 Å². The average molecular weight is 159 g/mol. The van der Waals surface area contributed by atoms with Crippen LogP contribution in [0.15, 0.2) is 6.07 Å². The molecule has 1 aliphatic rings. The lowest BCUT2D eigenvalue weighted by atomic mass is 10.1. The van der Waals surface area contributed by atoms with Gasteiger partial charge in [0.2, 0.25) is 0 Å². The highest BCUT2D eigenvalue weighted by Gasteiger charge is 2.14. The predicted octanol–water partition coefficient (Wildman–Crippen LogP) is 1.02. The summed E-state index contributed by atoms with van der Waals surface area (Å²) in [5, 5.41) is 8.68. The van der Waals surface area contributed by atoms with E-state index in [9.17, 15) is 0 Å². The number of fused-ring (bicyclic) bond motifs is 1. The summed E-state index contributed by atoms with van der Waals surface area (Å²) in [5.74, 6) is 0.373. The fourth-order valence-corrected chi connectivity index (χ4v) is 1.58. The monoisotopic (exact) mass is 159 g/mol. The van der Waals surface area contributed by atoms with Gasteiger partial charge in [-0.05, 0) is 30.9 Å². The predicted molar refractivity (Wildman–Crippen MR) is 45.4 cm³/mol. The number of hydrogen-bond donors (Lipinski definition) is 1. The van der Waals surface area contributed by atoms with Crippen LogP contribution in [0.3, 0.4) is 0 Å². The van der Waals surface area contributed by atoms with Gasteiger partial charge < -0.3 is 5.73 Å². The number of nitriles is 1. The van der Waals surface area contributed by atoms with Gasteiger partial charge in [0, 0.05) is 5.69 Å². The van der Waals surface area contributed by atoms with Crippen molar-refractivity contribution in [2.24, 2.45) is 0 Å². The van der Waals surface area contributed by atoms with Gasteiger partial charge in [-0.2, -0.15) is 5.26 Å². The van der Waals surface area contributed by atoms with Crippen molar-refractivity contribution in [1.82, 2.24) is 4.98 Å². The van der Waals surface area contributed by atoms with Gasteiger partial charge in [0.25, 0.3) is 0 Å². The van der Waals surface area contributed by atoms with Crippen molar-refractivity contribution in [3.05, 3.63) is 22.9 Å². The van der Waals surface area contributed by atoms with Crippen molar-refractivity contribution in [1.29, 1.82) is 5.26 Å². The van der Waals surface area contributed by atoms with Gasteiger partial charge in [-0.1, -0.05) is 0 Å². The molecule has 60 valence electrons. The fraction of sp³-hybridized carbons (Fsp3) is 0.333. The summed E-state index contributed by atoms with van der Waals surface area (Å²) in [6.45, 7) is 0. The molecule has 0 atom stereocenters. The van der Waals surface area contributed by atoms with E-state index in [1.54, 1.807) is 0 Å². The van der Waals surface area contributed by atoms with Crippen LogP contribution >= 0.6 is 0 Å². The molecule has 1 aromatic heterocycles. The van der Waals surface area contributed by atoms with E-state index >= 15 is 0 Å². The van der Waals surface area contributed by atoms with E-state index in [0.29, 0.717) is 11.4 Å². The maximum absolute atomic E-state index is 8.68. The minimum absolute atomic E-state index is 0.373. The standard InChI is InChI=1S/C9H9N3/c10-5-7-4-6-2-1-3-8(6)12-9(7)11/h4H,1-3H2,(H2,11,12). The number of nitrogen functional groups attached to an aromatic ring is 1. The highest BCUT2D eigenvalue weighted by molar-refractivity contribution is 5.51. The molecule has 0 fully saturated rings. The second-order valence-corrected chi connectivity index (χ2v) is 2.99. The van der Waals surface area contributed by atoms with Crippen LogP contribution in [0, 0.1) is 11.3 Å². The van der Waals surface area contributed by atoms with E-state index in [1.807, 2.05) is 12.1 Å². The number of hydrogen-bond acceptors (Lipinski definition) is 3. The molecule has 0 radical (unpaired) electrons. The van der Waals surface area contributed by atoms with Crippen molar-refractivity contribution in [2.75, 3.05) is 5.73 Å². The lowest BCUT2D eigenvalue weighted by Gasteiger charge is -2.00. The number of anilines is 1. The first-order valence-electron chi connectivity index (χ1n) is 3.99. The molecule has 3 nitrogen and oxygen atoms in total. The molecule has 3 heteroatoms. The van der Waals surface area contributed by atoms with Crippen LogP contribution in [0.2, 0.25) is 0 Å². The summed E-state index contributed by atoms with van der Waals surface area (Å²) in [7, 11) is 0. The fourth-order valence-electron chi connectivity index (χ4n) is 1.58. The SMILES string of the molecule is N#Cc1cc2c(nc1N)CCC2. The summed E-state index contributed by atoms with van der Waals surface area (Å²) in [5.41, 5.74) is 8.35. The maximum atomic E-state index is 8.68. The Morgan fingerprint density at radius 3 is 3.08 bits per heavy atom. The van der Waals surface area contributed by atoms with Crippen LogP contribution in [-0.2, 0) is 12.8 Å². The first kappa shape index (κ1) is 7.11. The summed E-state index contributed by atoms with van der Waals surface area (Å²) in [6, 6.07) is 3.90. The second-order valence-electron chi connectivity index (χ2n) is 2.99. The number of nitrogens with two attached hydrogens (primary N) is 1. The Morgan fingerprint density at radius 1 is 1.50 bits per heavy atom. The zero-order valence-electron chi connectivity index (χ0n) is 6.67. The van der Waals surface area contributed by atoms with Crippen LogP contribution in [-0.4, -0.2) is 4.98 Å². The summed E-state index contributed by atoms with van der Waals surface area (Å²) in [6.07, 6.45) is 3.18. The summed E-state index contributed by atoms with van der Waals surface area (Å²) < 4.78 is 0. The lowest BCUT2D eigenvalue weighted by molar-refractivity contribution is 0.900.